The molecule has 63 heavy (non-hydrogen) atoms. The number of aldehydes is 1. The summed E-state index contributed by atoms with van der Waals surface area (Å²) in [4.78, 5) is 36.4. The van der Waals surface area contributed by atoms with Crippen molar-refractivity contribution in [3.05, 3.63) is 159 Å². The molecule has 1 spiro atoms. The van der Waals surface area contributed by atoms with Gasteiger partial charge in [0.1, 0.15) is 0 Å². The molecule has 0 N–H and O–H groups in total. The van der Waals surface area contributed by atoms with Gasteiger partial charge in [-0.2, -0.15) is 0 Å². The second kappa shape index (κ2) is 11.8. The number of ketones is 1. The van der Waals surface area contributed by atoms with E-state index in [-0.39, 0.29) is 39.8 Å². The number of ether oxygens (including phenoxy) is 1. The quantitative estimate of drug-likeness (QED) is 0.0503. The molecule has 7 aliphatic carbocycles. The van der Waals surface area contributed by atoms with E-state index in [4.69, 9.17) is 4.74 Å². The maximum atomic E-state index is 12.9. The van der Waals surface area contributed by atoms with Gasteiger partial charge in [-0.15, -0.1) is 0 Å². The number of hydrogen-bond donors (Lipinski definition) is 0. The fraction of sp³-hybridized carbons (Fsp3) is 0.271. The number of benzene rings is 7. The van der Waals surface area contributed by atoms with Crippen LogP contribution in [0.15, 0.2) is 103 Å². The van der Waals surface area contributed by atoms with E-state index in [0.717, 1.165) is 38.5 Å². The first-order valence-corrected chi connectivity index (χ1v) is 23.0. The summed E-state index contributed by atoms with van der Waals surface area (Å²) >= 11 is 0. The standard InChI is InChI=1S/C59H46O4/c1-32-18-19-33-26-37-29-38-30-57-25-21-35-28-36-27-34(20-24-56(2,22-10-16-41(61)31-60)39-12-6-4-7-13-39)45-46(36)52-53-51-49(45)43(32)44(33)50(51)47(37)48(38)55(53)59(57,54(35)52)58(57,23-11-17-42(62)63-3)40-14-8-5-9-15-40/h4-9,12-15,18-21,25-26,28,30-31H,10-11,16-17,22-24,27,29H2,1-3H3/b34-20-/t56?,57?,58-,59?/m0/s1. The number of esters is 1. The van der Waals surface area contributed by atoms with E-state index in [1.165, 1.54) is 123 Å². The molecule has 0 aromatic heterocycles. The molecule has 4 atom stereocenters. The molecular weight excluding hydrogens is 773 g/mol. The molecule has 0 saturated heterocycles. The van der Waals surface area contributed by atoms with Crippen LogP contribution in [0, 0.1) is 12.3 Å². The Morgan fingerprint density at radius 3 is 2.32 bits per heavy atom. The molecule has 7 aromatic carbocycles. The summed E-state index contributed by atoms with van der Waals surface area (Å²) in [5.74, 6) is -0.467. The van der Waals surface area contributed by atoms with Gasteiger partial charge in [-0.25, -0.2) is 0 Å². The number of rotatable bonds is 13. The number of fused-ring (bicyclic) bond motifs is 2. The van der Waals surface area contributed by atoms with Gasteiger partial charge < -0.3 is 4.74 Å². The monoisotopic (exact) mass is 818 g/mol. The van der Waals surface area contributed by atoms with Gasteiger partial charge in [0.15, 0.2) is 12.1 Å². The number of aryl methyl sites for hydroxylation is 1. The maximum Gasteiger partial charge on any atom is 0.305 e. The van der Waals surface area contributed by atoms with E-state index >= 15 is 0 Å². The predicted octanol–water partition coefficient (Wildman–Crippen LogP) is 12.7. The van der Waals surface area contributed by atoms with Crippen LogP contribution in [-0.2, 0) is 48.2 Å². The molecule has 0 aliphatic heterocycles. The van der Waals surface area contributed by atoms with Gasteiger partial charge in [-0.3, -0.25) is 14.4 Å². The van der Waals surface area contributed by atoms with Crippen molar-refractivity contribution in [1.82, 2.24) is 0 Å². The largest absolute Gasteiger partial charge is 0.469 e. The van der Waals surface area contributed by atoms with Crippen LogP contribution in [0.25, 0.3) is 71.4 Å². The zero-order valence-electron chi connectivity index (χ0n) is 36.0. The third kappa shape index (κ3) is 3.89. The number of allylic oxidation sites excluding steroid dienone is 5. The molecule has 3 unspecified atom stereocenters. The van der Waals surface area contributed by atoms with Gasteiger partial charge >= 0.3 is 5.97 Å². The number of carbonyl (C=O) groups excluding carboxylic acids is 3. The lowest BCUT2D eigenvalue weighted by molar-refractivity contribution is -0.140. The van der Waals surface area contributed by atoms with Crippen molar-refractivity contribution >= 4 is 78.4 Å². The molecule has 1 saturated carbocycles. The van der Waals surface area contributed by atoms with E-state index < -0.39 is 0 Å². The van der Waals surface area contributed by atoms with Crippen molar-refractivity contribution in [3.8, 4) is 11.1 Å². The average molecular weight is 819 g/mol. The molecule has 14 rings (SSSR count). The molecule has 0 radical (unpaired) electrons. The highest BCUT2D eigenvalue weighted by Crippen LogP contribution is 2.91. The van der Waals surface area contributed by atoms with E-state index in [1.54, 1.807) is 5.56 Å². The Kier molecular flexibility index (Phi) is 6.76. The molecular formula is C59H46O4. The van der Waals surface area contributed by atoms with Crippen LogP contribution in [0.4, 0.5) is 0 Å². The molecule has 7 aliphatic rings. The van der Waals surface area contributed by atoms with E-state index in [2.05, 4.69) is 123 Å². The minimum Gasteiger partial charge on any atom is -0.469 e. The maximum absolute atomic E-state index is 12.9. The molecule has 0 amide bonds. The van der Waals surface area contributed by atoms with Crippen LogP contribution >= 0.6 is 0 Å². The summed E-state index contributed by atoms with van der Waals surface area (Å²) in [6.07, 6.45) is 17.3. The summed E-state index contributed by atoms with van der Waals surface area (Å²) in [7, 11) is 1.51. The minimum absolute atomic E-state index is 0.142. The van der Waals surface area contributed by atoms with Crippen LogP contribution in [0.2, 0.25) is 0 Å². The highest BCUT2D eigenvalue weighted by Gasteiger charge is 2.89. The number of methoxy groups -OCH3 is 1. The Labute approximate surface area is 366 Å². The van der Waals surface area contributed by atoms with Gasteiger partial charge in [0, 0.05) is 29.1 Å². The van der Waals surface area contributed by atoms with Crippen LogP contribution in [-0.4, -0.2) is 25.1 Å². The lowest BCUT2D eigenvalue weighted by atomic mass is 9.70. The second-order valence-corrected chi connectivity index (χ2v) is 20.1. The molecule has 0 heterocycles. The van der Waals surface area contributed by atoms with Crippen molar-refractivity contribution in [2.24, 2.45) is 5.41 Å². The zero-order valence-corrected chi connectivity index (χ0v) is 36.0. The summed E-state index contributed by atoms with van der Waals surface area (Å²) in [6, 6.07) is 31.9. The van der Waals surface area contributed by atoms with Gasteiger partial charge in [0.2, 0.25) is 0 Å². The first kappa shape index (κ1) is 36.1. The molecule has 4 nitrogen and oxygen atoms in total. The average Bonchev–Trinajstić information content (AvgIpc) is 3.82. The Hall–Kier alpha value is -6.39. The van der Waals surface area contributed by atoms with Crippen molar-refractivity contribution in [2.75, 3.05) is 7.11 Å². The topological polar surface area (TPSA) is 60.4 Å². The normalized spacial score (nSPS) is 24.0. The van der Waals surface area contributed by atoms with Gasteiger partial charge in [-0.05, 0) is 178 Å². The Morgan fingerprint density at radius 2 is 1.52 bits per heavy atom. The van der Waals surface area contributed by atoms with Crippen molar-refractivity contribution < 1.29 is 19.1 Å². The van der Waals surface area contributed by atoms with Crippen molar-refractivity contribution in [2.45, 2.75) is 87.9 Å². The Bertz CT molecular complexity index is 3490. The number of Topliss-reactive ketones (excluding diaryl/α,β-unsaturated/α-hetero) is 1. The number of carbonyl (C=O) groups is 3. The SMILES string of the molecule is COC(=O)CCC[C@]1(c2ccccc2)C23C=Cc4cc5c6c(c7c8c9c(c%10c%11c(cc%12ccc(C)c-7c%12c%118)CC%10=C2)C31c4c69)/C(=C\CC(C)(CCCC(=O)C=O)c1ccccc1)C5. The van der Waals surface area contributed by atoms with Gasteiger partial charge in [-0.1, -0.05) is 116 Å². The van der Waals surface area contributed by atoms with Crippen LogP contribution < -0.4 is 0 Å². The van der Waals surface area contributed by atoms with Crippen molar-refractivity contribution in [1.29, 1.82) is 0 Å². The molecule has 306 valence electrons. The summed E-state index contributed by atoms with van der Waals surface area (Å²) in [5, 5.41) is 11.6. The predicted molar refractivity (Wildman–Crippen MR) is 253 cm³/mol. The van der Waals surface area contributed by atoms with Gasteiger partial charge in [0.25, 0.3) is 0 Å². The summed E-state index contributed by atoms with van der Waals surface area (Å²) < 4.78 is 5.25. The summed E-state index contributed by atoms with van der Waals surface area (Å²) in [5.41, 5.74) is 18.9. The Balaban J connectivity index is 1.09. The highest BCUT2D eigenvalue weighted by molar-refractivity contribution is 6.44. The van der Waals surface area contributed by atoms with Gasteiger partial charge in [0.05, 0.1) is 7.11 Å². The highest BCUT2D eigenvalue weighted by atomic mass is 16.5. The lowest BCUT2D eigenvalue weighted by Crippen LogP contribution is -2.25. The van der Waals surface area contributed by atoms with E-state index in [1.807, 2.05) is 0 Å². The smallest absolute Gasteiger partial charge is 0.305 e. The van der Waals surface area contributed by atoms with Crippen molar-refractivity contribution in [3.63, 3.8) is 0 Å². The fourth-order valence-electron chi connectivity index (χ4n) is 15.3. The van der Waals surface area contributed by atoms with Crippen LogP contribution in [0.3, 0.4) is 0 Å². The summed E-state index contributed by atoms with van der Waals surface area (Å²) in [6.45, 7) is 4.66. The van der Waals surface area contributed by atoms with E-state index in [0.29, 0.717) is 19.1 Å². The second-order valence-electron chi connectivity index (χ2n) is 20.1. The molecule has 7 aromatic rings. The first-order valence-electron chi connectivity index (χ1n) is 23.0. The van der Waals surface area contributed by atoms with Crippen LogP contribution in [0.5, 0.6) is 0 Å². The zero-order chi connectivity index (χ0) is 42.4. The fourth-order valence-corrected chi connectivity index (χ4v) is 15.3. The molecule has 1 fully saturated rings. The van der Waals surface area contributed by atoms with E-state index in [9.17, 15) is 14.4 Å². The molecule has 0 bridgehead atoms. The first-order chi connectivity index (χ1) is 30.7. The molecule has 4 heteroatoms. The third-order valence-electron chi connectivity index (χ3n) is 17.5. The number of hydrogen-bond acceptors (Lipinski definition) is 4. The van der Waals surface area contributed by atoms with Crippen LogP contribution in [0.1, 0.15) is 108 Å². The minimum atomic E-state index is -0.325. The lowest BCUT2D eigenvalue weighted by Gasteiger charge is -2.31. The Morgan fingerprint density at radius 1 is 0.762 bits per heavy atom. The third-order valence-corrected chi connectivity index (χ3v) is 17.5.